The quantitative estimate of drug-likeness (QED) is 0.751. The molecular weight excluding hydrogens is 419 g/mol. The lowest BCUT2D eigenvalue weighted by atomic mass is 9.87. The van der Waals surface area contributed by atoms with Crippen molar-refractivity contribution < 1.29 is 13.2 Å². The standard InChI is InChI=1S/C20H22Cl2N2O3S/c1-13(24(28(2,26)27)19-12-15(21)10-11-17(19)22)20(25)23-18-9-5-7-14-6-3-4-8-16(14)18/h3-4,6,8,10-13,18H,5,7,9H2,1-2H3,(H,23,25)/t13-,18-/m0/s1. The second kappa shape index (κ2) is 8.31. The van der Waals surface area contributed by atoms with Crippen LogP contribution in [0.4, 0.5) is 5.69 Å². The van der Waals surface area contributed by atoms with Gasteiger partial charge in [-0.05, 0) is 55.5 Å². The van der Waals surface area contributed by atoms with Crippen LogP contribution in [0.5, 0.6) is 0 Å². The van der Waals surface area contributed by atoms with Gasteiger partial charge in [-0.1, -0.05) is 47.5 Å². The van der Waals surface area contributed by atoms with Gasteiger partial charge in [-0.15, -0.1) is 0 Å². The normalized spacial score (nSPS) is 17.5. The highest BCUT2D eigenvalue weighted by Crippen LogP contribution is 2.33. The Morgan fingerprint density at radius 3 is 2.64 bits per heavy atom. The lowest BCUT2D eigenvalue weighted by Crippen LogP contribution is -2.49. The number of nitrogens with zero attached hydrogens (tertiary/aromatic N) is 1. The number of sulfonamides is 1. The molecule has 0 radical (unpaired) electrons. The monoisotopic (exact) mass is 440 g/mol. The lowest BCUT2D eigenvalue weighted by Gasteiger charge is -2.32. The summed E-state index contributed by atoms with van der Waals surface area (Å²) in [5.74, 6) is -0.386. The molecule has 0 fully saturated rings. The fourth-order valence-corrected chi connectivity index (χ4v) is 5.24. The maximum atomic E-state index is 13.0. The number of hydrogen-bond acceptors (Lipinski definition) is 3. The van der Waals surface area contributed by atoms with Gasteiger partial charge in [0.2, 0.25) is 15.9 Å². The molecule has 0 saturated carbocycles. The first kappa shape index (κ1) is 21.0. The zero-order valence-corrected chi connectivity index (χ0v) is 18.0. The molecule has 0 aromatic heterocycles. The number of hydrogen-bond donors (Lipinski definition) is 1. The molecule has 5 nitrogen and oxygen atoms in total. The molecule has 0 unspecified atom stereocenters. The van der Waals surface area contributed by atoms with E-state index in [1.807, 2.05) is 18.2 Å². The van der Waals surface area contributed by atoms with E-state index in [9.17, 15) is 13.2 Å². The molecule has 28 heavy (non-hydrogen) atoms. The Kier molecular flexibility index (Phi) is 6.22. The molecule has 1 aliphatic carbocycles. The Morgan fingerprint density at radius 2 is 1.93 bits per heavy atom. The predicted molar refractivity (Wildman–Crippen MR) is 114 cm³/mol. The van der Waals surface area contributed by atoms with Crippen LogP contribution < -0.4 is 9.62 Å². The fraction of sp³-hybridized carbons (Fsp3) is 0.350. The van der Waals surface area contributed by atoms with Gasteiger partial charge in [0, 0.05) is 5.02 Å². The molecule has 1 N–H and O–H groups in total. The Hall–Kier alpha value is -1.76. The summed E-state index contributed by atoms with van der Waals surface area (Å²) in [6.07, 6.45) is 3.80. The average molecular weight is 441 g/mol. The molecule has 0 bridgehead atoms. The Labute approximate surface area is 175 Å². The molecular formula is C20H22Cl2N2O3S. The smallest absolute Gasteiger partial charge is 0.244 e. The predicted octanol–water partition coefficient (Wildman–Crippen LogP) is 4.34. The van der Waals surface area contributed by atoms with Gasteiger partial charge in [-0.3, -0.25) is 9.10 Å². The second-order valence-corrected chi connectivity index (χ2v) is 9.69. The van der Waals surface area contributed by atoms with Gasteiger partial charge in [-0.2, -0.15) is 0 Å². The number of nitrogens with one attached hydrogen (secondary N) is 1. The molecule has 1 amide bonds. The van der Waals surface area contributed by atoms with E-state index in [4.69, 9.17) is 23.2 Å². The first-order valence-electron chi connectivity index (χ1n) is 9.01. The Bertz CT molecular complexity index is 995. The summed E-state index contributed by atoms with van der Waals surface area (Å²) >= 11 is 12.2. The number of benzene rings is 2. The number of rotatable bonds is 5. The van der Waals surface area contributed by atoms with Crippen molar-refractivity contribution in [1.29, 1.82) is 0 Å². The van der Waals surface area contributed by atoms with Crippen LogP contribution in [0.25, 0.3) is 0 Å². The Morgan fingerprint density at radius 1 is 1.21 bits per heavy atom. The van der Waals surface area contributed by atoms with Gasteiger partial charge in [0.05, 0.1) is 23.0 Å². The van der Waals surface area contributed by atoms with E-state index in [2.05, 4.69) is 11.4 Å². The topological polar surface area (TPSA) is 66.5 Å². The number of carbonyl (C=O) groups is 1. The molecule has 150 valence electrons. The summed E-state index contributed by atoms with van der Waals surface area (Å²) in [5, 5.41) is 3.55. The number of aryl methyl sites for hydroxylation is 1. The number of fused-ring (bicyclic) bond motifs is 1. The van der Waals surface area contributed by atoms with Crippen molar-refractivity contribution in [2.45, 2.75) is 38.3 Å². The van der Waals surface area contributed by atoms with E-state index in [-0.39, 0.29) is 22.7 Å². The summed E-state index contributed by atoms with van der Waals surface area (Å²) in [7, 11) is -3.77. The highest BCUT2D eigenvalue weighted by molar-refractivity contribution is 7.92. The number of carbonyl (C=O) groups excluding carboxylic acids is 1. The van der Waals surface area contributed by atoms with E-state index >= 15 is 0 Å². The Balaban J connectivity index is 1.89. The van der Waals surface area contributed by atoms with E-state index < -0.39 is 16.1 Å². The third-order valence-corrected chi connectivity index (χ3v) is 6.70. The van der Waals surface area contributed by atoms with Gasteiger partial charge in [-0.25, -0.2) is 8.42 Å². The van der Waals surface area contributed by atoms with Gasteiger partial charge in [0.1, 0.15) is 6.04 Å². The van der Waals surface area contributed by atoms with Gasteiger partial charge in [0.25, 0.3) is 0 Å². The van der Waals surface area contributed by atoms with Crippen LogP contribution in [-0.4, -0.2) is 26.6 Å². The van der Waals surface area contributed by atoms with Gasteiger partial charge < -0.3 is 5.32 Å². The van der Waals surface area contributed by atoms with Crippen LogP contribution in [-0.2, 0) is 21.2 Å². The molecule has 8 heteroatoms. The van der Waals surface area contributed by atoms with Crippen molar-refractivity contribution in [2.24, 2.45) is 0 Å². The largest absolute Gasteiger partial charge is 0.347 e. The molecule has 0 heterocycles. The minimum absolute atomic E-state index is 0.142. The second-order valence-electron chi connectivity index (χ2n) is 6.98. The van der Waals surface area contributed by atoms with Crippen molar-refractivity contribution >= 4 is 44.8 Å². The fourth-order valence-electron chi connectivity index (χ4n) is 3.63. The number of halogens is 2. The first-order chi connectivity index (χ1) is 13.2. The molecule has 0 spiro atoms. The van der Waals surface area contributed by atoms with Crippen LogP contribution in [0.3, 0.4) is 0 Å². The van der Waals surface area contributed by atoms with E-state index in [0.29, 0.717) is 5.02 Å². The molecule has 2 aromatic carbocycles. The maximum Gasteiger partial charge on any atom is 0.244 e. The van der Waals surface area contributed by atoms with Crippen LogP contribution in [0.15, 0.2) is 42.5 Å². The van der Waals surface area contributed by atoms with E-state index in [1.54, 1.807) is 13.0 Å². The highest BCUT2D eigenvalue weighted by atomic mass is 35.5. The average Bonchev–Trinajstić information content (AvgIpc) is 2.64. The molecule has 2 atom stereocenters. The molecule has 2 aromatic rings. The van der Waals surface area contributed by atoms with Gasteiger partial charge in [0.15, 0.2) is 0 Å². The highest BCUT2D eigenvalue weighted by Gasteiger charge is 2.32. The third kappa shape index (κ3) is 4.45. The zero-order valence-electron chi connectivity index (χ0n) is 15.7. The summed E-state index contributed by atoms with van der Waals surface area (Å²) in [6.45, 7) is 1.54. The summed E-state index contributed by atoms with van der Waals surface area (Å²) < 4.78 is 26.0. The van der Waals surface area contributed by atoms with Crippen molar-refractivity contribution in [2.75, 3.05) is 10.6 Å². The SMILES string of the molecule is C[C@@H](C(=O)N[C@H]1CCCc2ccccc21)N(c1cc(Cl)ccc1Cl)S(C)(=O)=O. The minimum atomic E-state index is -3.77. The number of anilines is 1. The zero-order chi connectivity index (χ0) is 20.5. The molecule has 1 aliphatic rings. The summed E-state index contributed by atoms with van der Waals surface area (Å²) in [4.78, 5) is 13.0. The molecule has 0 aliphatic heterocycles. The van der Waals surface area contributed by atoms with Crippen LogP contribution in [0.2, 0.25) is 10.0 Å². The third-order valence-electron chi connectivity index (χ3n) is 4.92. The minimum Gasteiger partial charge on any atom is -0.347 e. The lowest BCUT2D eigenvalue weighted by molar-refractivity contribution is -0.122. The van der Waals surface area contributed by atoms with Crippen molar-refractivity contribution in [1.82, 2.24) is 5.32 Å². The van der Waals surface area contributed by atoms with Crippen LogP contribution in [0, 0.1) is 0 Å². The van der Waals surface area contributed by atoms with Crippen LogP contribution in [0.1, 0.15) is 36.9 Å². The summed E-state index contributed by atoms with van der Waals surface area (Å²) in [5.41, 5.74) is 2.48. The van der Waals surface area contributed by atoms with Crippen molar-refractivity contribution in [3.05, 3.63) is 63.6 Å². The van der Waals surface area contributed by atoms with E-state index in [0.717, 1.165) is 35.4 Å². The first-order valence-corrected chi connectivity index (χ1v) is 11.6. The van der Waals surface area contributed by atoms with E-state index in [1.165, 1.54) is 17.7 Å². The maximum absolute atomic E-state index is 13.0. The van der Waals surface area contributed by atoms with Crippen molar-refractivity contribution in [3.63, 3.8) is 0 Å². The van der Waals surface area contributed by atoms with Crippen LogP contribution >= 0.6 is 23.2 Å². The van der Waals surface area contributed by atoms with Crippen molar-refractivity contribution in [3.8, 4) is 0 Å². The number of amides is 1. The van der Waals surface area contributed by atoms with Gasteiger partial charge >= 0.3 is 0 Å². The summed E-state index contributed by atoms with van der Waals surface area (Å²) in [6, 6.07) is 11.4. The molecule has 0 saturated heterocycles. The molecule has 3 rings (SSSR count).